The van der Waals surface area contributed by atoms with Crippen molar-refractivity contribution in [3.63, 3.8) is 0 Å². The highest BCUT2D eigenvalue weighted by atomic mass is 19.4. The molecule has 3 atom stereocenters. The van der Waals surface area contributed by atoms with E-state index in [0.29, 0.717) is 11.8 Å². The number of halogens is 3. The van der Waals surface area contributed by atoms with Gasteiger partial charge in [0.1, 0.15) is 0 Å². The summed E-state index contributed by atoms with van der Waals surface area (Å²) in [5.41, 5.74) is 1.11. The molecule has 0 spiro atoms. The Morgan fingerprint density at radius 1 is 1.18 bits per heavy atom. The fourth-order valence-corrected chi connectivity index (χ4v) is 3.93. The molecule has 0 saturated carbocycles. The van der Waals surface area contributed by atoms with Gasteiger partial charge in [-0.1, -0.05) is 20.8 Å². The lowest BCUT2D eigenvalue weighted by Crippen LogP contribution is -2.28. The van der Waals surface area contributed by atoms with Crippen LogP contribution in [-0.2, 0) is 6.18 Å². The van der Waals surface area contributed by atoms with Gasteiger partial charge in [-0.2, -0.15) is 13.2 Å². The van der Waals surface area contributed by atoms with E-state index in [1.807, 2.05) is 0 Å². The predicted octanol–water partition coefficient (Wildman–Crippen LogP) is 5.25. The molecule has 3 N–H and O–H groups in total. The molecule has 2 rings (SSSR count). The van der Waals surface area contributed by atoms with Crippen molar-refractivity contribution in [2.24, 2.45) is 11.8 Å². The van der Waals surface area contributed by atoms with E-state index in [9.17, 15) is 13.2 Å². The fraction of sp³-hybridized carbons (Fsp3) is 0.727. The highest BCUT2D eigenvalue weighted by Gasteiger charge is 2.33. The SMILES string of the molecule is CCNCCCCNCC(C)CCC1CNc2ccc(C(F)(F)F)cc2C1C. The lowest BCUT2D eigenvalue weighted by atomic mass is 9.79. The molecule has 3 nitrogen and oxygen atoms in total. The Kier molecular flexibility index (Phi) is 9.09. The van der Waals surface area contributed by atoms with Crippen LogP contribution in [0.25, 0.3) is 0 Å². The summed E-state index contributed by atoms with van der Waals surface area (Å²) in [7, 11) is 0. The van der Waals surface area contributed by atoms with Gasteiger partial charge in [0.2, 0.25) is 0 Å². The van der Waals surface area contributed by atoms with Crippen LogP contribution >= 0.6 is 0 Å². The zero-order valence-electron chi connectivity index (χ0n) is 17.5. The van der Waals surface area contributed by atoms with Crippen molar-refractivity contribution in [1.29, 1.82) is 0 Å². The minimum atomic E-state index is -4.28. The van der Waals surface area contributed by atoms with Crippen molar-refractivity contribution in [3.8, 4) is 0 Å². The third kappa shape index (κ3) is 6.96. The van der Waals surface area contributed by atoms with Crippen molar-refractivity contribution in [2.45, 2.75) is 58.5 Å². The fourth-order valence-electron chi connectivity index (χ4n) is 3.93. The Balaban J connectivity index is 1.75. The lowest BCUT2D eigenvalue weighted by molar-refractivity contribution is -0.137. The average molecular weight is 400 g/mol. The first-order valence-electron chi connectivity index (χ1n) is 10.7. The number of unbranched alkanes of at least 4 members (excludes halogenated alkanes) is 1. The molecular weight excluding hydrogens is 363 g/mol. The van der Waals surface area contributed by atoms with Crippen LogP contribution in [-0.4, -0.2) is 32.7 Å². The number of rotatable bonds is 11. The van der Waals surface area contributed by atoms with Gasteiger partial charge in [-0.05, 0) is 93.4 Å². The van der Waals surface area contributed by atoms with Gasteiger partial charge in [0.05, 0.1) is 5.56 Å². The zero-order chi connectivity index (χ0) is 20.6. The molecule has 28 heavy (non-hydrogen) atoms. The molecule has 6 heteroatoms. The first-order chi connectivity index (χ1) is 13.3. The summed E-state index contributed by atoms with van der Waals surface area (Å²) in [6, 6.07) is 4.08. The molecule has 160 valence electrons. The highest BCUT2D eigenvalue weighted by molar-refractivity contribution is 5.56. The predicted molar refractivity (Wildman–Crippen MR) is 111 cm³/mol. The van der Waals surface area contributed by atoms with Crippen LogP contribution in [0.3, 0.4) is 0 Å². The number of hydrogen-bond donors (Lipinski definition) is 3. The first kappa shape index (κ1) is 23.0. The molecule has 0 bridgehead atoms. The van der Waals surface area contributed by atoms with E-state index >= 15 is 0 Å². The lowest BCUT2D eigenvalue weighted by Gasteiger charge is -2.33. The van der Waals surface area contributed by atoms with Crippen LogP contribution in [0, 0.1) is 11.8 Å². The molecule has 1 heterocycles. The second-order valence-corrected chi connectivity index (χ2v) is 8.18. The van der Waals surface area contributed by atoms with E-state index < -0.39 is 11.7 Å². The van der Waals surface area contributed by atoms with E-state index in [4.69, 9.17) is 0 Å². The monoisotopic (exact) mass is 399 g/mol. The Morgan fingerprint density at radius 2 is 1.89 bits per heavy atom. The molecule has 0 aromatic heterocycles. The number of alkyl halides is 3. The second kappa shape index (κ2) is 11.1. The van der Waals surface area contributed by atoms with Crippen LogP contribution in [0.2, 0.25) is 0 Å². The summed E-state index contributed by atoms with van der Waals surface area (Å²) in [6.07, 6.45) is 0.221. The van der Waals surface area contributed by atoms with Gasteiger partial charge >= 0.3 is 6.18 Å². The Labute approximate surface area is 167 Å². The van der Waals surface area contributed by atoms with Gasteiger partial charge in [-0.15, -0.1) is 0 Å². The van der Waals surface area contributed by atoms with E-state index in [0.717, 1.165) is 56.8 Å². The number of nitrogens with one attached hydrogen (secondary N) is 3. The third-order valence-corrected chi connectivity index (χ3v) is 5.86. The highest BCUT2D eigenvalue weighted by Crippen LogP contribution is 2.40. The van der Waals surface area contributed by atoms with Gasteiger partial charge < -0.3 is 16.0 Å². The maximum absolute atomic E-state index is 13.0. The zero-order valence-corrected chi connectivity index (χ0v) is 17.5. The van der Waals surface area contributed by atoms with Crippen molar-refractivity contribution < 1.29 is 13.2 Å². The average Bonchev–Trinajstić information content (AvgIpc) is 2.66. The molecule has 1 aliphatic heterocycles. The van der Waals surface area contributed by atoms with E-state index in [2.05, 4.69) is 36.7 Å². The van der Waals surface area contributed by atoms with Crippen molar-refractivity contribution in [1.82, 2.24) is 10.6 Å². The quantitative estimate of drug-likeness (QED) is 0.445. The Hall–Kier alpha value is -1.27. The molecule has 1 aliphatic rings. The van der Waals surface area contributed by atoms with Gasteiger partial charge in [0.15, 0.2) is 0 Å². The number of anilines is 1. The molecule has 0 saturated heterocycles. The largest absolute Gasteiger partial charge is 0.416 e. The maximum Gasteiger partial charge on any atom is 0.416 e. The van der Waals surface area contributed by atoms with Crippen LogP contribution in [0.4, 0.5) is 18.9 Å². The van der Waals surface area contributed by atoms with Gasteiger partial charge in [0, 0.05) is 12.2 Å². The van der Waals surface area contributed by atoms with Gasteiger partial charge in [-0.3, -0.25) is 0 Å². The summed E-state index contributed by atoms with van der Waals surface area (Å²) in [4.78, 5) is 0. The number of fused-ring (bicyclic) bond motifs is 1. The maximum atomic E-state index is 13.0. The van der Waals surface area contributed by atoms with Crippen molar-refractivity contribution in [2.75, 3.05) is 38.0 Å². The first-order valence-corrected chi connectivity index (χ1v) is 10.7. The van der Waals surface area contributed by atoms with Crippen molar-refractivity contribution in [3.05, 3.63) is 29.3 Å². The van der Waals surface area contributed by atoms with Crippen LogP contribution in [0.1, 0.15) is 63.5 Å². The molecule has 0 fully saturated rings. The van der Waals surface area contributed by atoms with E-state index in [1.54, 1.807) is 6.07 Å². The molecule has 0 aliphatic carbocycles. The van der Waals surface area contributed by atoms with E-state index in [-0.39, 0.29) is 5.92 Å². The minimum absolute atomic E-state index is 0.143. The summed E-state index contributed by atoms with van der Waals surface area (Å²) in [5.74, 6) is 1.09. The molecule has 0 amide bonds. The van der Waals surface area contributed by atoms with Crippen LogP contribution in [0.5, 0.6) is 0 Å². The smallest absolute Gasteiger partial charge is 0.385 e. The van der Waals surface area contributed by atoms with Gasteiger partial charge in [-0.25, -0.2) is 0 Å². The molecule has 0 radical (unpaired) electrons. The van der Waals surface area contributed by atoms with E-state index in [1.165, 1.54) is 25.0 Å². The van der Waals surface area contributed by atoms with Crippen LogP contribution in [0.15, 0.2) is 18.2 Å². The molecule has 1 aromatic rings. The summed E-state index contributed by atoms with van der Waals surface area (Å²) < 4.78 is 39.1. The second-order valence-electron chi connectivity index (χ2n) is 8.18. The third-order valence-electron chi connectivity index (χ3n) is 5.86. The molecule has 1 aromatic carbocycles. The Morgan fingerprint density at radius 3 is 2.57 bits per heavy atom. The molecule has 3 unspecified atom stereocenters. The molecular formula is C22H36F3N3. The normalized spacial score (nSPS) is 20.5. The summed E-state index contributed by atoms with van der Waals surface area (Å²) in [6.45, 7) is 11.4. The Bertz CT molecular complexity index is 589. The number of hydrogen-bond acceptors (Lipinski definition) is 3. The van der Waals surface area contributed by atoms with Gasteiger partial charge in [0.25, 0.3) is 0 Å². The standard InChI is InChI=1S/C22H36F3N3/c1-4-26-11-5-6-12-27-14-16(2)7-8-18-15-28-21-10-9-19(22(23,24)25)13-20(21)17(18)3/h9-10,13,16-18,26-28H,4-8,11-12,14-15H2,1-3H3. The minimum Gasteiger partial charge on any atom is -0.385 e. The summed E-state index contributed by atoms with van der Waals surface area (Å²) >= 11 is 0. The topological polar surface area (TPSA) is 36.1 Å². The summed E-state index contributed by atoms with van der Waals surface area (Å²) in [5, 5.41) is 10.2. The number of benzene rings is 1. The van der Waals surface area contributed by atoms with Crippen molar-refractivity contribution >= 4 is 5.69 Å². The van der Waals surface area contributed by atoms with Crippen LogP contribution < -0.4 is 16.0 Å².